The minimum atomic E-state index is 0.228. The molecule has 0 saturated carbocycles. The van der Waals surface area contributed by atoms with E-state index in [1.165, 1.54) is 0 Å². The number of furan rings is 1. The van der Waals surface area contributed by atoms with E-state index in [2.05, 4.69) is 15.9 Å². The number of hydrogen-bond donors (Lipinski definition) is 1. The van der Waals surface area contributed by atoms with Gasteiger partial charge in [-0.15, -0.1) is 0 Å². The van der Waals surface area contributed by atoms with Gasteiger partial charge in [-0.05, 0) is 42.5 Å². The van der Waals surface area contributed by atoms with E-state index in [4.69, 9.17) is 9.15 Å². The third-order valence-corrected chi connectivity index (χ3v) is 3.34. The van der Waals surface area contributed by atoms with Crippen LogP contribution in [0.3, 0.4) is 0 Å². The summed E-state index contributed by atoms with van der Waals surface area (Å²) in [5, 5.41) is 10.2. The molecule has 0 fully saturated rings. The largest absolute Gasteiger partial charge is 0.508 e. The lowest BCUT2D eigenvalue weighted by Crippen LogP contribution is -1.93. The number of benzene rings is 2. The van der Waals surface area contributed by atoms with Crippen LogP contribution in [0.15, 0.2) is 57.6 Å². The highest BCUT2D eigenvalue weighted by Crippen LogP contribution is 2.26. The maximum Gasteiger partial charge on any atom is 0.135 e. The van der Waals surface area contributed by atoms with Crippen LogP contribution >= 0.6 is 15.9 Å². The van der Waals surface area contributed by atoms with Crippen LogP contribution in [-0.4, -0.2) is 5.11 Å². The van der Waals surface area contributed by atoms with Crippen LogP contribution in [0, 0.1) is 0 Å². The first kappa shape index (κ1) is 12.1. The average Bonchev–Trinajstić information content (AvgIpc) is 2.80. The van der Waals surface area contributed by atoms with Gasteiger partial charge < -0.3 is 14.3 Å². The second-order valence-corrected chi connectivity index (χ2v) is 5.10. The molecule has 96 valence electrons. The molecular formula is C15H11BrO3. The SMILES string of the molecule is Oc1ccc(OCc2coc3cc(Br)ccc23)cc1. The molecule has 3 rings (SSSR count). The van der Waals surface area contributed by atoms with E-state index >= 15 is 0 Å². The molecule has 2 aromatic carbocycles. The maximum atomic E-state index is 9.20. The Balaban J connectivity index is 1.80. The van der Waals surface area contributed by atoms with Crippen molar-refractivity contribution in [2.75, 3.05) is 0 Å². The quantitative estimate of drug-likeness (QED) is 0.774. The topological polar surface area (TPSA) is 42.6 Å². The van der Waals surface area contributed by atoms with Gasteiger partial charge in [0.25, 0.3) is 0 Å². The molecule has 0 aliphatic rings. The van der Waals surface area contributed by atoms with Crippen molar-refractivity contribution in [3.05, 3.63) is 58.8 Å². The summed E-state index contributed by atoms with van der Waals surface area (Å²) in [6.45, 7) is 0.430. The molecule has 0 atom stereocenters. The monoisotopic (exact) mass is 318 g/mol. The molecule has 1 N–H and O–H groups in total. The lowest BCUT2D eigenvalue weighted by Gasteiger charge is -2.04. The van der Waals surface area contributed by atoms with Crippen LogP contribution in [0.4, 0.5) is 0 Å². The Labute approximate surface area is 118 Å². The molecule has 0 aliphatic carbocycles. The van der Waals surface area contributed by atoms with Gasteiger partial charge >= 0.3 is 0 Å². The molecule has 0 unspecified atom stereocenters. The third-order valence-electron chi connectivity index (χ3n) is 2.85. The highest BCUT2D eigenvalue weighted by Gasteiger charge is 2.07. The summed E-state index contributed by atoms with van der Waals surface area (Å²) in [5.41, 5.74) is 1.83. The lowest BCUT2D eigenvalue weighted by atomic mass is 10.2. The smallest absolute Gasteiger partial charge is 0.135 e. The minimum absolute atomic E-state index is 0.228. The summed E-state index contributed by atoms with van der Waals surface area (Å²) >= 11 is 3.41. The lowest BCUT2D eigenvalue weighted by molar-refractivity contribution is 0.305. The fraction of sp³-hybridized carbons (Fsp3) is 0.0667. The number of fused-ring (bicyclic) bond motifs is 1. The first-order valence-electron chi connectivity index (χ1n) is 5.80. The van der Waals surface area contributed by atoms with E-state index in [9.17, 15) is 5.11 Å². The zero-order valence-corrected chi connectivity index (χ0v) is 11.6. The van der Waals surface area contributed by atoms with E-state index in [0.29, 0.717) is 12.4 Å². The van der Waals surface area contributed by atoms with Gasteiger partial charge in [0.2, 0.25) is 0 Å². The zero-order chi connectivity index (χ0) is 13.2. The maximum absolute atomic E-state index is 9.20. The Morgan fingerprint density at radius 1 is 1.11 bits per heavy atom. The molecule has 0 spiro atoms. The summed E-state index contributed by atoms with van der Waals surface area (Å²) in [6.07, 6.45) is 1.71. The zero-order valence-electron chi connectivity index (χ0n) is 9.97. The van der Waals surface area contributed by atoms with Crippen molar-refractivity contribution in [1.29, 1.82) is 0 Å². The van der Waals surface area contributed by atoms with Crippen LogP contribution in [-0.2, 0) is 6.61 Å². The van der Waals surface area contributed by atoms with Gasteiger partial charge in [0.15, 0.2) is 0 Å². The van der Waals surface area contributed by atoms with Gasteiger partial charge in [-0.2, -0.15) is 0 Å². The van der Waals surface area contributed by atoms with Gasteiger partial charge in [0.05, 0.1) is 6.26 Å². The van der Waals surface area contributed by atoms with Crippen molar-refractivity contribution >= 4 is 26.9 Å². The van der Waals surface area contributed by atoms with Crippen LogP contribution in [0.1, 0.15) is 5.56 Å². The fourth-order valence-electron chi connectivity index (χ4n) is 1.87. The summed E-state index contributed by atoms with van der Waals surface area (Å²) < 4.78 is 12.1. The molecule has 19 heavy (non-hydrogen) atoms. The Hall–Kier alpha value is -1.94. The predicted molar refractivity (Wildman–Crippen MR) is 76.4 cm³/mol. The highest BCUT2D eigenvalue weighted by molar-refractivity contribution is 9.10. The van der Waals surface area contributed by atoms with Crippen molar-refractivity contribution in [1.82, 2.24) is 0 Å². The van der Waals surface area contributed by atoms with E-state index in [-0.39, 0.29) is 5.75 Å². The first-order valence-corrected chi connectivity index (χ1v) is 6.59. The Morgan fingerprint density at radius 2 is 1.89 bits per heavy atom. The molecule has 1 heterocycles. The van der Waals surface area contributed by atoms with Crippen molar-refractivity contribution in [3.8, 4) is 11.5 Å². The molecule has 0 aliphatic heterocycles. The molecule has 1 aromatic heterocycles. The van der Waals surface area contributed by atoms with Crippen molar-refractivity contribution in [2.45, 2.75) is 6.61 Å². The summed E-state index contributed by atoms with van der Waals surface area (Å²) in [7, 11) is 0. The van der Waals surface area contributed by atoms with Crippen LogP contribution in [0.5, 0.6) is 11.5 Å². The predicted octanol–water partition coefficient (Wildman–Crippen LogP) is 4.48. The average molecular weight is 319 g/mol. The van der Waals surface area contributed by atoms with Crippen molar-refractivity contribution in [2.24, 2.45) is 0 Å². The number of rotatable bonds is 3. The number of phenols is 1. The van der Waals surface area contributed by atoms with Gasteiger partial charge in [-0.25, -0.2) is 0 Å². The van der Waals surface area contributed by atoms with Gasteiger partial charge in [-0.1, -0.05) is 15.9 Å². The van der Waals surface area contributed by atoms with E-state index in [1.807, 2.05) is 18.2 Å². The van der Waals surface area contributed by atoms with E-state index < -0.39 is 0 Å². The molecule has 0 amide bonds. The van der Waals surface area contributed by atoms with Gasteiger partial charge in [0, 0.05) is 15.4 Å². The summed E-state index contributed by atoms with van der Waals surface area (Å²) in [6, 6.07) is 12.6. The molecule has 3 nitrogen and oxygen atoms in total. The number of phenolic OH excluding ortho intramolecular Hbond substituents is 1. The third kappa shape index (κ3) is 2.58. The van der Waals surface area contributed by atoms with Gasteiger partial charge in [-0.3, -0.25) is 0 Å². The Bertz CT molecular complexity index is 701. The first-order chi connectivity index (χ1) is 9.22. The van der Waals surface area contributed by atoms with Crippen molar-refractivity contribution in [3.63, 3.8) is 0 Å². The summed E-state index contributed by atoms with van der Waals surface area (Å²) in [4.78, 5) is 0. The second kappa shape index (κ2) is 4.97. The number of halogens is 1. The highest BCUT2D eigenvalue weighted by atomic mass is 79.9. The molecule has 0 radical (unpaired) electrons. The van der Waals surface area contributed by atoms with Crippen molar-refractivity contribution < 1.29 is 14.3 Å². The molecule has 4 heteroatoms. The second-order valence-electron chi connectivity index (χ2n) is 4.18. The Kier molecular flexibility index (Phi) is 3.17. The van der Waals surface area contributed by atoms with Crippen LogP contribution in [0.2, 0.25) is 0 Å². The van der Waals surface area contributed by atoms with Crippen LogP contribution < -0.4 is 4.74 Å². The molecule has 0 bridgehead atoms. The van der Waals surface area contributed by atoms with Crippen LogP contribution in [0.25, 0.3) is 11.0 Å². The van der Waals surface area contributed by atoms with E-state index in [1.54, 1.807) is 30.5 Å². The molecule has 0 saturated heterocycles. The van der Waals surface area contributed by atoms with Gasteiger partial charge in [0.1, 0.15) is 23.7 Å². The Morgan fingerprint density at radius 3 is 2.68 bits per heavy atom. The fourth-order valence-corrected chi connectivity index (χ4v) is 2.21. The molecular weight excluding hydrogens is 308 g/mol. The standard InChI is InChI=1S/C15H11BrO3/c16-11-1-6-14-10(9-19-15(14)7-11)8-18-13-4-2-12(17)3-5-13/h1-7,9,17H,8H2. The number of aromatic hydroxyl groups is 1. The minimum Gasteiger partial charge on any atom is -0.508 e. The van der Waals surface area contributed by atoms with E-state index in [0.717, 1.165) is 21.0 Å². The summed E-state index contributed by atoms with van der Waals surface area (Å²) in [5.74, 6) is 0.940. The molecule has 3 aromatic rings. The number of ether oxygens (including phenoxy) is 1. The normalized spacial score (nSPS) is 10.8. The number of hydrogen-bond acceptors (Lipinski definition) is 3.